The Morgan fingerprint density at radius 3 is 2.52 bits per heavy atom. The number of hydrogen-bond acceptors (Lipinski definition) is 2. The van der Waals surface area contributed by atoms with Gasteiger partial charge < -0.3 is 14.8 Å². The van der Waals surface area contributed by atoms with Crippen molar-refractivity contribution in [2.75, 3.05) is 19.4 Å². The van der Waals surface area contributed by atoms with E-state index in [0.29, 0.717) is 5.56 Å². The minimum atomic E-state index is 0.0189. The molecule has 1 heterocycles. The van der Waals surface area contributed by atoms with Crippen molar-refractivity contribution in [3.63, 3.8) is 0 Å². The Morgan fingerprint density at radius 2 is 1.95 bits per heavy atom. The maximum absolute atomic E-state index is 12.0. The predicted molar refractivity (Wildman–Crippen MR) is 86.7 cm³/mol. The maximum Gasteiger partial charge on any atom is 0.253 e. The molecule has 0 unspecified atom stereocenters. The molecule has 1 aromatic carbocycles. The molecule has 112 valence electrons. The third-order valence-electron chi connectivity index (χ3n) is 3.88. The summed E-state index contributed by atoms with van der Waals surface area (Å²) in [5.74, 6) is 0.0189. The Kier molecular flexibility index (Phi) is 4.36. The van der Waals surface area contributed by atoms with Crippen LogP contribution in [0.5, 0.6) is 0 Å². The molecule has 1 aromatic heterocycles. The Morgan fingerprint density at radius 1 is 1.24 bits per heavy atom. The quantitative estimate of drug-likeness (QED) is 0.937. The summed E-state index contributed by atoms with van der Waals surface area (Å²) in [7, 11) is 5.60. The summed E-state index contributed by atoms with van der Waals surface area (Å²) in [5.41, 5.74) is 5.45. The molecule has 0 aliphatic rings. The molecule has 0 atom stereocenters. The minimum absolute atomic E-state index is 0.0189. The number of amides is 1. The van der Waals surface area contributed by atoms with Crippen LogP contribution in [0.3, 0.4) is 0 Å². The number of rotatable bonds is 4. The Balaban J connectivity index is 2.12. The fourth-order valence-corrected chi connectivity index (χ4v) is 2.33. The standard InChI is InChI=1S/C17H23N3O/c1-12-9-15(13(2)20(12)5)11-18-16-8-6-7-14(10-16)17(21)19(3)4/h6-10,18H,11H2,1-5H3. The van der Waals surface area contributed by atoms with E-state index >= 15 is 0 Å². The van der Waals surface area contributed by atoms with Crippen molar-refractivity contribution in [1.29, 1.82) is 0 Å². The van der Waals surface area contributed by atoms with Gasteiger partial charge in [0.1, 0.15) is 0 Å². The van der Waals surface area contributed by atoms with E-state index in [1.165, 1.54) is 17.0 Å². The number of carbonyl (C=O) groups excluding carboxylic acids is 1. The van der Waals surface area contributed by atoms with Crippen LogP contribution in [0.15, 0.2) is 30.3 Å². The number of anilines is 1. The molecule has 0 radical (unpaired) electrons. The Bertz CT molecular complexity index is 656. The van der Waals surface area contributed by atoms with E-state index in [-0.39, 0.29) is 5.91 Å². The highest BCUT2D eigenvalue weighted by Gasteiger charge is 2.09. The normalized spacial score (nSPS) is 10.5. The summed E-state index contributed by atoms with van der Waals surface area (Å²) in [5, 5.41) is 3.39. The zero-order chi connectivity index (χ0) is 15.6. The molecule has 4 nitrogen and oxygen atoms in total. The topological polar surface area (TPSA) is 37.3 Å². The van der Waals surface area contributed by atoms with Gasteiger partial charge in [0.2, 0.25) is 0 Å². The van der Waals surface area contributed by atoms with Gasteiger partial charge in [-0.1, -0.05) is 6.07 Å². The first-order valence-corrected chi connectivity index (χ1v) is 7.07. The molecule has 0 fully saturated rings. The molecule has 0 aliphatic carbocycles. The first-order valence-electron chi connectivity index (χ1n) is 7.07. The summed E-state index contributed by atoms with van der Waals surface area (Å²) in [6, 6.07) is 9.82. The van der Waals surface area contributed by atoms with Crippen LogP contribution in [-0.2, 0) is 13.6 Å². The highest BCUT2D eigenvalue weighted by atomic mass is 16.2. The van der Waals surface area contributed by atoms with Crippen molar-refractivity contribution < 1.29 is 4.79 Å². The molecule has 0 saturated carbocycles. The van der Waals surface area contributed by atoms with E-state index in [9.17, 15) is 4.79 Å². The fourth-order valence-electron chi connectivity index (χ4n) is 2.33. The number of carbonyl (C=O) groups is 1. The van der Waals surface area contributed by atoms with Gasteiger partial charge in [0.15, 0.2) is 0 Å². The largest absolute Gasteiger partial charge is 0.381 e. The highest BCUT2D eigenvalue weighted by molar-refractivity contribution is 5.94. The fraction of sp³-hybridized carbons (Fsp3) is 0.353. The Hall–Kier alpha value is -2.23. The average Bonchev–Trinajstić information content (AvgIpc) is 2.71. The van der Waals surface area contributed by atoms with Gasteiger partial charge in [-0.25, -0.2) is 0 Å². The van der Waals surface area contributed by atoms with Crippen LogP contribution in [-0.4, -0.2) is 29.5 Å². The molecule has 0 saturated heterocycles. The first kappa shape index (κ1) is 15.2. The van der Waals surface area contributed by atoms with Crippen molar-refractivity contribution >= 4 is 11.6 Å². The van der Waals surface area contributed by atoms with Gasteiger partial charge in [-0.15, -0.1) is 0 Å². The van der Waals surface area contributed by atoms with Gasteiger partial charge >= 0.3 is 0 Å². The van der Waals surface area contributed by atoms with E-state index in [1.807, 2.05) is 24.3 Å². The lowest BCUT2D eigenvalue weighted by molar-refractivity contribution is 0.0827. The third kappa shape index (κ3) is 3.27. The number of nitrogens with zero attached hydrogens (tertiary/aromatic N) is 2. The van der Waals surface area contributed by atoms with Crippen molar-refractivity contribution in [3.05, 3.63) is 52.8 Å². The number of hydrogen-bond donors (Lipinski definition) is 1. The lowest BCUT2D eigenvalue weighted by atomic mass is 10.1. The van der Waals surface area contributed by atoms with Gasteiger partial charge in [-0.05, 0) is 43.7 Å². The predicted octanol–water partition coefficient (Wildman–Crippen LogP) is 2.96. The molecular formula is C17H23N3O. The molecule has 1 amide bonds. The summed E-state index contributed by atoms with van der Waals surface area (Å²) >= 11 is 0. The SMILES string of the molecule is Cc1cc(CNc2cccc(C(=O)N(C)C)c2)c(C)n1C. The van der Waals surface area contributed by atoms with Crippen molar-refractivity contribution in [2.45, 2.75) is 20.4 Å². The molecule has 4 heteroatoms. The highest BCUT2D eigenvalue weighted by Crippen LogP contribution is 2.17. The van der Waals surface area contributed by atoms with Crippen molar-refractivity contribution in [2.24, 2.45) is 7.05 Å². The lowest BCUT2D eigenvalue weighted by Gasteiger charge is -2.12. The van der Waals surface area contributed by atoms with Crippen LogP contribution in [0, 0.1) is 13.8 Å². The molecule has 2 aromatic rings. The summed E-state index contributed by atoms with van der Waals surface area (Å²) in [6.07, 6.45) is 0. The zero-order valence-corrected chi connectivity index (χ0v) is 13.4. The molecule has 0 spiro atoms. The Labute approximate surface area is 126 Å². The third-order valence-corrected chi connectivity index (χ3v) is 3.88. The number of nitrogens with one attached hydrogen (secondary N) is 1. The molecule has 2 rings (SSSR count). The van der Waals surface area contributed by atoms with Gasteiger partial charge in [0.05, 0.1) is 0 Å². The monoisotopic (exact) mass is 285 g/mol. The van der Waals surface area contributed by atoms with Crippen LogP contribution in [0.1, 0.15) is 27.3 Å². The van der Waals surface area contributed by atoms with E-state index < -0.39 is 0 Å². The molecule has 0 aliphatic heterocycles. The maximum atomic E-state index is 12.0. The van der Waals surface area contributed by atoms with Gasteiger partial charge in [0, 0.05) is 50.3 Å². The molecule has 1 N–H and O–H groups in total. The van der Waals surface area contributed by atoms with Crippen LogP contribution in [0.25, 0.3) is 0 Å². The average molecular weight is 285 g/mol. The summed E-state index contributed by atoms with van der Waals surface area (Å²) in [4.78, 5) is 13.6. The van der Waals surface area contributed by atoms with Gasteiger partial charge in [0.25, 0.3) is 5.91 Å². The second-order valence-electron chi connectivity index (χ2n) is 5.59. The zero-order valence-electron chi connectivity index (χ0n) is 13.4. The van der Waals surface area contributed by atoms with E-state index in [0.717, 1.165) is 12.2 Å². The smallest absolute Gasteiger partial charge is 0.253 e. The van der Waals surface area contributed by atoms with Crippen LogP contribution >= 0.6 is 0 Å². The van der Waals surface area contributed by atoms with Crippen molar-refractivity contribution in [3.8, 4) is 0 Å². The number of aryl methyl sites for hydroxylation is 1. The van der Waals surface area contributed by atoms with E-state index in [4.69, 9.17) is 0 Å². The second-order valence-corrected chi connectivity index (χ2v) is 5.59. The summed E-state index contributed by atoms with van der Waals surface area (Å²) in [6.45, 7) is 4.98. The van der Waals surface area contributed by atoms with Crippen LogP contribution in [0.4, 0.5) is 5.69 Å². The minimum Gasteiger partial charge on any atom is -0.381 e. The molecule has 0 bridgehead atoms. The second kappa shape index (κ2) is 6.04. The van der Waals surface area contributed by atoms with Gasteiger partial charge in [-0.2, -0.15) is 0 Å². The van der Waals surface area contributed by atoms with E-state index in [2.05, 4.69) is 36.8 Å². The van der Waals surface area contributed by atoms with Crippen LogP contribution in [0.2, 0.25) is 0 Å². The lowest BCUT2D eigenvalue weighted by Crippen LogP contribution is -2.21. The van der Waals surface area contributed by atoms with Gasteiger partial charge in [-0.3, -0.25) is 4.79 Å². The van der Waals surface area contributed by atoms with Crippen molar-refractivity contribution in [1.82, 2.24) is 9.47 Å². The number of aromatic nitrogens is 1. The first-order chi connectivity index (χ1) is 9.90. The van der Waals surface area contributed by atoms with E-state index in [1.54, 1.807) is 19.0 Å². The molecule has 21 heavy (non-hydrogen) atoms. The van der Waals surface area contributed by atoms with Crippen LogP contribution < -0.4 is 5.32 Å². The molecular weight excluding hydrogens is 262 g/mol. The number of benzene rings is 1. The summed E-state index contributed by atoms with van der Waals surface area (Å²) < 4.78 is 2.18.